The van der Waals surface area contributed by atoms with E-state index in [4.69, 9.17) is 11.5 Å². The molecule has 0 radical (unpaired) electrons. The molecule has 0 unspecified atom stereocenters. The van der Waals surface area contributed by atoms with Crippen LogP contribution in [0.25, 0.3) is 0 Å². The third-order valence-corrected chi connectivity index (χ3v) is 6.71. The number of nitrogens with two attached hydrogens (primary N) is 2. The van der Waals surface area contributed by atoms with Gasteiger partial charge in [0.05, 0.1) is 5.56 Å². The second-order valence-electron chi connectivity index (χ2n) is 9.62. The van der Waals surface area contributed by atoms with Gasteiger partial charge in [0.25, 0.3) is 5.91 Å². The van der Waals surface area contributed by atoms with Crippen LogP contribution in [0.2, 0.25) is 0 Å². The van der Waals surface area contributed by atoms with Crippen LogP contribution in [0.5, 0.6) is 0 Å². The van der Waals surface area contributed by atoms with Crippen LogP contribution in [0.3, 0.4) is 0 Å². The van der Waals surface area contributed by atoms with Crippen molar-refractivity contribution in [2.75, 3.05) is 19.6 Å². The second-order valence-corrected chi connectivity index (χ2v) is 9.62. The first-order chi connectivity index (χ1) is 18.1. The van der Waals surface area contributed by atoms with Crippen molar-refractivity contribution in [3.63, 3.8) is 0 Å². The Morgan fingerprint density at radius 1 is 1.18 bits per heavy atom. The summed E-state index contributed by atoms with van der Waals surface area (Å²) in [5.74, 6) is -1.71. The van der Waals surface area contributed by atoms with E-state index in [2.05, 4.69) is 25.9 Å². The van der Waals surface area contributed by atoms with Crippen LogP contribution in [0.4, 0.5) is 0 Å². The molecule has 38 heavy (non-hydrogen) atoms. The number of carbonyl (C=O) groups is 4. The lowest BCUT2D eigenvalue weighted by atomic mass is 9.97. The van der Waals surface area contributed by atoms with Crippen molar-refractivity contribution in [1.82, 2.24) is 25.8 Å². The van der Waals surface area contributed by atoms with Crippen LogP contribution in [-0.4, -0.2) is 77.2 Å². The topological polar surface area (TPSA) is 185 Å². The molecule has 0 saturated carbocycles. The number of nitrogens with zero attached hydrogens (tertiary/aromatic N) is 3. The second kappa shape index (κ2) is 14.9. The Balaban J connectivity index is 2.23. The molecule has 1 aromatic heterocycles. The SMILES string of the molecule is CCNC(=O)[C@@H]1CCCN1C(=O)[C@H](CCCN=C(N)N)NC(=O)[C@H](NC(=O)c1ccc(C)nc1)[C@@H](C)CC. The van der Waals surface area contributed by atoms with Gasteiger partial charge in [-0.1, -0.05) is 20.3 Å². The summed E-state index contributed by atoms with van der Waals surface area (Å²) in [6.07, 6.45) is 4.04. The van der Waals surface area contributed by atoms with Crippen molar-refractivity contribution in [3.8, 4) is 0 Å². The lowest BCUT2D eigenvalue weighted by Gasteiger charge is -2.30. The van der Waals surface area contributed by atoms with Gasteiger partial charge in [0.2, 0.25) is 17.7 Å². The van der Waals surface area contributed by atoms with Gasteiger partial charge in [-0.3, -0.25) is 29.2 Å². The van der Waals surface area contributed by atoms with Crippen molar-refractivity contribution < 1.29 is 19.2 Å². The minimum absolute atomic E-state index is 0.0575. The average molecular weight is 531 g/mol. The maximum atomic E-state index is 13.6. The maximum Gasteiger partial charge on any atom is 0.253 e. The molecule has 0 aromatic carbocycles. The standard InChI is InChI=1S/C26H42N8O4/c1-5-16(3)21(33-22(35)18-12-11-17(4)31-15-18)24(37)32-19(9-7-13-30-26(27)28)25(38)34-14-8-10-20(34)23(36)29-6-2/h11-12,15-16,19-21H,5-10,13-14H2,1-4H3,(H,29,36)(H,32,37)(H,33,35)(H4,27,28,30)/t16-,19-,20-,21+/m0/s1. The summed E-state index contributed by atoms with van der Waals surface area (Å²) >= 11 is 0. The summed E-state index contributed by atoms with van der Waals surface area (Å²) in [6, 6.07) is 1.00. The smallest absolute Gasteiger partial charge is 0.253 e. The van der Waals surface area contributed by atoms with E-state index in [1.165, 1.54) is 11.1 Å². The highest BCUT2D eigenvalue weighted by Gasteiger charge is 2.38. The number of carbonyl (C=O) groups excluding carboxylic acids is 4. The number of likely N-dealkylation sites (N-methyl/N-ethyl adjacent to an activating group) is 1. The fourth-order valence-corrected chi connectivity index (χ4v) is 4.35. The van der Waals surface area contributed by atoms with Gasteiger partial charge in [-0.25, -0.2) is 0 Å². The van der Waals surface area contributed by atoms with Crippen LogP contribution in [0.15, 0.2) is 23.3 Å². The van der Waals surface area contributed by atoms with Crippen LogP contribution < -0.4 is 27.4 Å². The van der Waals surface area contributed by atoms with Crippen molar-refractivity contribution in [3.05, 3.63) is 29.6 Å². The summed E-state index contributed by atoms with van der Waals surface area (Å²) < 4.78 is 0. The van der Waals surface area contributed by atoms with Crippen LogP contribution in [0.1, 0.15) is 68.9 Å². The number of hydrogen-bond donors (Lipinski definition) is 5. The first-order valence-corrected chi connectivity index (χ1v) is 13.3. The molecule has 4 amide bonds. The molecule has 12 heteroatoms. The molecule has 0 spiro atoms. The van der Waals surface area contributed by atoms with Crippen molar-refractivity contribution in [1.29, 1.82) is 0 Å². The number of amides is 4. The van der Waals surface area contributed by atoms with Gasteiger partial charge in [0.15, 0.2) is 5.96 Å². The highest BCUT2D eigenvalue weighted by atomic mass is 16.2. The Bertz CT molecular complexity index is 993. The van der Waals surface area contributed by atoms with E-state index >= 15 is 0 Å². The molecule has 0 bridgehead atoms. The highest BCUT2D eigenvalue weighted by Crippen LogP contribution is 2.20. The normalized spacial score (nSPS) is 17.2. The van der Waals surface area contributed by atoms with E-state index in [9.17, 15) is 19.2 Å². The number of hydrogen-bond acceptors (Lipinski definition) is 6. The van der Waals surface area contributed by atoms with Crippen molar-refractivity contribution >= 4 is 29.6 Å². The number of rotatable bonds is 13. The summed E-state index contributed by atoms with van der Waals surface area (Å²) in [4.78, 5) is 62.2. The monoisotopic (exact) mass is 530 g/mol. The first kappa shape index (κ1) is 30.5. The summed E-state index contributed by atoms with van der Waals surface area (Å²) in [6.45, 7) is 8.59. The average Bonchev–Trinajstić information content (AvgIpc) is 3.38. The van der Waals surface area contributed by atoms with E-state index in [0.29, 0.717) is 44.3 Å². The third kappa shape index (κ3) is 8.70. The lowest BCUT2D eigenvalue weighted by Crippen LogP contribution is -2.57. The van der Waals surface area contributed by atoms with Crippen LogP contribution in [0, 0.1) is 12.8 Å². The zero-order valence-electron chi connectivity index (χ0n) is 22.8. The predicted molar refractivity (Wildman–Crippen MR) is 145 cm³/mol. The Morgan fingerprint density at radius 3 is 2.53 bits per heavy atom. The molecule has 2 rings (SSSR count). The molecule has 7 N–H and O–H groups in total. The molecule has 1 fully saturated rings. The largest absolute Gasteiger partial charge is 0.370 e. The van der Waals surface area contributed by atoms with Gasteiger partial charge in [-0.2, -0.15) is 0 Å². The van der Waals surface area contributed by atoms with Gasteiger partial charge in [0.1, 0.15) is 18.1 Å². The number of aryl methyl sites for hydroxylation is 1. The molecule has 2 heterocycles. The number of guanidine groups is 1. The molecule has 4 atom stereocenters. The minimum Gasteiger partial charge on any atom is -0.370 e. The van der Waals surface area contributed by atoms with Crippen LogP contribution in [-0.2, 0) is 14.4 Å². The fourth-order valence-electron chi connectivity index (χ4n) is 4.35. The summed E-state index contributed by atoms with van der Waals surface area (Å²) in [5, 5.41) is 8.44. The molecular weight excluding hydrogens is 488 g/mol. The van der Waals surface area contributed by atoms with Gasteiger partial charge >= 0.3 is 0 Å². The third-order valence-electron chi connectivity index (χ3n) is 6.71. The molecular formula is C26H42N8O4. The first-order valence-electron chi connectivity index (χ1n) is 13.3. The lowest BCUT2D eigenvalue weighted by molar-refractivity contribution is -0.141. The number of nitrogens with one attached hydrogen (secondary N) is 3. The van der Waals surface area contributed by atoms with E-state index in [-0.39, 0.29) is 36.7 Å². The number of pyridine rings is 1. The molecule has 0 aliphatic carbocycles. The van der Waals surface area contributed by atoms with E-state index in [1.54, 1.807) is 12.1 Å². The minimum atomic E-state index is -0.906. The molecule has 1 aliphatic rings. The van der Waals surface area contributed by atoms with Gasteiger partial charge in [0, 0.05) is 31.5 Å². The zero-order valence-corrected chi connectivity index (χ0v) is 22.8. The van der Waals surface area contributed by atoms with Gasteiger partial charge in [-0.05, 0) is 57.6 Å². The fraction of sp³-hybridized carbons (Fsp3) is 0.615. The maximum absolute atomic E-state index is 13.6. The van der Waals surface area contributed by atoms with Crippen LogP contribution >= 0.6 is 0 Å². The molecule has 210 valence electrons. The highest BCUT2D eigenvalue weighted by molar-refractivity contribution is 5.98. The Kier molecular flexibility index (Phi) is 12.0. The Morgan fingerprint density at radius 2 is 1.92 bits per heavy atom. The van der Waals surface area contributed by atoms with Gasteiger partial charge in [-0.15, -0.1) is 0 Å². The molecule has 1 aliphatic heterocycles. The summed E-state index contributed by atoms with van der Waals surface area (Å²) in [5.41, 5.74) is 11.9. The molecule has 12 nitrogen and oxygen atoms in total. The van der Waals surface area contributed by atoms with E-state index in [0.717, 1.165) is 5.69 Å². The number of likely N-dealkylation sites (tertiary alicyclic amines) is 1. The number of aromatic nitrogens is 1. The van der Waals surface area contributed by atoms with Crippen molar-refractivity contribution in [2.24, 2.45) is 22.4 Å². The number of aliphatic imine (C=N–C) groups is 1. The molecule has 1 saturated heterocycles. The summed E-state index contributed by atoms with van der Waals surface area (Å²) in [7, 11) is 0. The van der Waals surface area contributed by atoms with Gasteiger partial charge < -0.3 is 32.3 Å². The Hall–Kier alpha value is -3.70. The molecule has 1 aromatic rings. The van der Waals surface area contributed by atoms with E-state index in [1.807, 2.05) is 27.7 Å². The Labute approximate surface area is 224 Å². The van der Waals surface area contributed by atoms with Crippen molar-refractivity contribution in [2.45, 2.75) is 77.9 Å². The van der Waals surface area contributed by atoms with E-state index < -0.39 is 29.9 Å². The quantitative estimate of drug-likeness (QED) is 0.137. The predicted octanol–water partition coefficient (Wildman–Crippen LogP) is 0.200. The zero-order chi connectivity index (χ0) is 28.2.